The molecule has 0 aromatic heterocycles. The number of aliphatic hydroxyl groups is 1. The van der Waals surface area contributed by atoms with Gasteiger partial charge in [-0.05, 0) is 36.1 Å². The molecule has 98 valence electrons. The summed E-state index contributed by atoms with van der Waals surface area (Å²) in [6.07, 6.45) is 1.34. The van der Waals surface area contributed by atoms with Crippen molar-refractivity contribution in [1.82, 2.24) is 0 Å². The smallest absolute Gasteiger partial charge is 0.128 e. The fraction of sp³-hybridized carbons (Fsp3) is 0.250. The van der Waals surface area contributed by atoms with Crippen LogP contribution in [0.1, 0.15) is 29.2 Å². The van der Waals surface area contributed by atoms with Crippen LogP contribution >= 0.6 is 0 Å². The summed E-state index contributed by atoms with van der Waals surface area (Å²) in [5, 5.41) is 10.5. The number of nitrogens with two attached hydrogens (primary N) is 1. The number of fused-ring (bicyclic) bond motifs is 1. The molecule has 1 heterocycles. The lowest BCUT2D eigenvalue weighted by atomic mass is 9.95. The minimum absolute atomic E-state index is 0.655. The molecule has 0 fully saturated rings. The van der Waals surface area contributed by atoms with Gasteiger partial charge in [-0.15, -0.1) is 0 Å². The van der Waals surface area contributed by atoms with Gasteiger partial charge in [0.05, 0.1) is 6.61 Å². The second-order valence-corrected chi connectivity index (χ2v) is 4.86. The van der Waals surface area contributed by atoms with E-state index in [-0.39, 0.29) is 0 Å². The molecule has 3 heteroatoms. The Kier molecular flexibility index (Phi) is 3.13. The summed E-state index contributed by atoms with van der Waals surface area (Å²) < 4.78 is 5.74. The number of rotatable bonds is 2. The second-order valence-electron chi connectivity index (χ2n) is 4.86. The van der Waals surface area contributed by atoms with Gasteiger partial charge in [0.25, 0.3) is 0 Å². The molecule has 0 aliphatic carbocycles. The van der Waals surface area contributed by atoms with Gasteiger partial charge in [0.15, 0.2) is 0 Å². The van der Waals surface area contributed by atoms with Crippen molar-refractivity contribution in [1.29, 1.82) is 0 Å². The number of nitrogen functional groups attached to an aromatic ring is 1. The number of aryl methyl sites for hydroxylation is 1. The van der Waals surface area contributed by atoms with Crippen molar-refractivity contribution < 1.29 is 9.84 Å². The Bertz CT molecular complexity index is 595. The number of hydrogen-bond acceptors (Lipinski definition) is 3. The SMILES string of the molecule is Nc1cccc(C(O)c2cccc3c2OCCC3)c1. The van der Waals surface area contributed by atoms with Gasteiger partial charge in [-0.2, -0.15) is 0 Å². The zero-order chi connectivity index (χ0) is 13.2. The number of benzene rings is 2. The van der Waals surface area contributed by atoms with Crippen LogP contribution in [0.3, 0.4) is 0 Å². The van der Waals surface area contributed by atoms with E-state index in [0.717, 1.165) is 29.7 Å². The zero-order valence-electron chi connectivity index (χ0n) is 10.7. The van der Waals surface area contributed by atoms with E-state index in [4.69, 9.17) is 10.5 Å². The Hall–Kier alpha value is -2.00. The number of anilines is 1. The van der Waals surface area contributed by atoms with Crippen LogP contribution in [0.2, 0.25) is 0 Å². The maximum atomic E-state index is 10.5. The van der Waals surface area contributed by atoms with Gasteiger partial charge in [0.1, 0.15) is 11.9 Å². The van der Waals surface area contributed by atoms with E-state index >= 15 is 0 Å². The van der Waals surface area contributed by atoms with Crippen LogP contribution in [0.4, 0.5) is 5.69 Å². The molecule has 1 aliphatic heterocycles. The second kappa shape index (κ2) is 4.94. The highest BCUT2D eigenvalue weighted by atomic mass is 16.5. The molecule has 3 N–H and O–H groups in total. The van der Waals surface area contributed by atoms with E-state index in [1.54, 1.807) is 6.07 Å². The van der Waals surface area contributed by atoms with Crippen molar-refractivity contribution >= 4 is 5.69 Å². The molecule has 3 nitrogen and oxygen atoms in total. The first kappa shape index (κ1) is 12.1. The molecule has 0 spiro atoms. The van der Waals surface area contributed by atoms with Crippen LogP contribution in [0.5, 0.6) is 5.75 Å². The van der Waals surface area contributed by atoms with Crippen molar-refractivity contribution in [3.8, 4) is 5.75 Å². The third-order valence-corrected chi connectivity index (χ3v) is 3.48. The van der Waals surface area contributed by atoms with E-state index in [2.05, 4.69) is 6.07 Å². The van der Waals surface area contributed by atoms with E-state index in [0.29, 0.717) is 12.3 Å². The molecule has 0 saturated heterocycles. The standard InChI is InChI=1S/C16H17NO2/c17-13-7-1-5-12(10-13)15(18)14-8-2-4-11-6-3-9-19-16(11)14/h1-2,4-5,7-8,10,15,18H,3,6,9,17H2. The van der Waals surface area contributed by atoms with E-state index in [1.165, 1.54) is 5.56 Å². The normalized spacial score (nSPS) is 15.4. The van der Waals surface area contributed by atoms with Gasteiger partial charge >= 0.3 is 0 Å². The van der Waals surface area contributed by atoms with Crippen LogP contribution in [0.25, 0.3) is 0 Å². The molecule has 0 bridgehead atoms. The first-order valence-corrected chi connectivity index (χ1v) is 6.54. The van der Waals surface area contributed by atoms with Gasteiger partial charge in [0, 0.05) is 11.3 Å². The third-order valence-electron chi connectivity index (χ3n) is 3.48. The molecule has 0 amide bonds. The lowest BCUT2D eigenvalue weighted by Crippen LogP contribution is -2.12. The van der Waals surface area contributed by atoms with Gasteiger partial charge in [-0.25, -0.2) is 0 Å². The van der Waals surface area contributed by atoms with Crippen molar-refractivity contribution in [3.63, 3.8) is 0 Å². The van der Waals surface area contributed by atoms with Gasteiger partial charge in [0.2, 0.25) is 0 Å². The predicted octanol–water partition coefficient (Wildman–Crippen LogP) is 2.68. The number of ether oxygens (including phenoxy) is 1. The summed E-state index contributed by atoms with van der Waals surface area (Å²) in [5.41, 5.74) is 9.21. The highest BCUT2D eigenvalue weighted by molar-refractivity contribution is 5.49. The molecular weight excluding hydrogens is 238 g/mol. The minimum Gasteiger partial charge on any atom is -0.493 e. The molecule has 1 atom stereocenters. The molecular formula is C16H17NO2. The van der Waals surface area contributed by atoms with Crippen LogP contribution in [-0.4, -0.2) is 11.7 Å². The molecule has 2 aromatic carbocycles. The Morgan fingerprint density at radius 3 is 2.84 bits per heavy atom. The molecule has 1 aliphatic rings. The Morgan fingerprint density at radius 1 is 1.16 bits per heavy atom. The van der Waals surface area contributed by atoms with Gasteiger partial charge < -0.3 is 15.6 Å². The Labute approximate surface area is 112 Å². The fourth-order valence-corrected chi connectivity index (χ4v) is 2.54. The lowest BCUT2D eigenvalue weighted by Gasteiger charge is -2.23. The molecule has 19 heavy (non-hydrogen) atoms. The van der Waals surface area contributed by atoms with Gasteiger partial charge in [-0.3, -0.25) is 0 Å². The summed E-state index contributed by atoms with van der Waals surface area (Å²) in [7, 11) is 0. The topological polar surface area (TPSA) is 55.5 Å². The summed E-state index contributed by atoms with van der Waals surface area (Å²) in [4.78, 5) is 0. The maximum Gasteiger partial charge on any atom is 0.128 e. The zero-order valence-corrected chi connectivity index (χ0v) is 10.7. The fourth-order valence-electron chi connectivity index (χ4n) is 2.54. The predicted molar refractivity (Wildman–Crippen MR) is 75.2 cm³/mol. The lowest BCUT2D eigenvalue weighted by molar-refractivity contribution is 0.207. The first-order valence-electron chi connectivity index (χ1n) is 6.54. The summed E-state index contributed by atoms with van der Waals surface area (Å²) in [6, 6.07) is 13.3. The van der Waals surface area contributed by atoms with Crippen LogP contribution in [0, 0.1) is 0 Å². The molecule has 2 aromatic rings. The molecule has 3 rings (SSSR count). The monoisotopic (exact) mass is 255 g/mol. The van der Waals surface area contributed by atoms with Gasteiger partial charge in [-0.1, -0.05) is 30.3 Å². The van der Waals surface area contributed by atoms with Crippen LogP contribution < -0.4 is 10.5 Å². The maximum absolute atomic E-state index is 10.5. The van der Waals surface area contributed by atoms with Crippen LogP contribution in [-0.2, 0) is 6.42 Å². The molecule has 1 unspecified atom stereocenters. The Morgan fingerprint density at radius 2 is 2.00 bits per heavy atom. The van der Waals surface area contributed by atoms with E-state index in [9.17, 15) is 5.11 Å². The number of hydrogen-bond donors (Lipinski definition) is 2. The largest absolute Gasteiger partial charge is 0.493 e. The minimum atomic E-state index is -0.698. The summed E-state index contributed by atoms with van der Waals surface area (Å²) in [5.74, 6) is 0.837. The summed E-state index contributed by atoms with van der Waals surface area (Å²) in [6.45, 7) is 0.716. The van der Waals surface area contributed by atoms with E-state index < -0.39 is 6.10 Å². The first-order chi connectivity index (χ1) is 9.25. The van der Waals surface area contributed by atoms with Crippen molar-refractivity contribution in [2.75, 3.05) is 12.3 Å². The molecule has 0 saturated carbocycles. The highest BCUT2D eigenvalue weighted by Gasteiger charge is 2.20. The number of aliphatic hydroxyl groups excluding tert-OH is 1. The van der Waals surface area contributed by atoms with Crippen molar-refractivity contribution in [3.05, 3.63) is 59.2 Å². The summed E-state index contributed by atoms with van der Waals surface area (Å²) >= 11 is 0. The highest BCUT2D eigenvalue weighted by Crippen LogP contribution is 2.35. The molecule has 0 radical (unpaired) electrons. The average molecular weight is 255 g/mol. The Balaban J connectivity index is 2.02. The van der Waals surface area contributed by atoms with Crippen LogP contribution in [0.15, 0.2) is 42.5 Å². The van der Waals surface area contributed by atoms with Crippen molar-refractivity contribution in [2.45, 2.75) is 18.9 Å². The average Bonchev–Trinajstić information content (AvgIpc) is 2.46. The number of para-hydroxylation sites is 1. The van der Waals surface area contributed by atoms with Crippen molar-refractivity contribution in [2.24, 2.45) is 0 Å². The van der Waals surface area contributed by atoms with E-state index in [1.807, 2.05) is 30.3 Å². The quantitative estimate of drug-likeness (QED) is 0.811. The third kappa shape index (κ3) is 2.29.